The highest BCUT2D eigenvalue weighted by Gasteiger charge is 2.08. The Morgan fingerprint density at radius 3 is 2.29 bits per heavy atom. The summed E-state index contributed by atoms with van der Waals surface area (Å²) in [4.78, 5) is 21.8. The molecular weight excluding hydrogens is 208 g/mol. The van der Waals surface area contributed by atoms with Crippen molar-refractivity contribution in [3.8, 4) is 0 Å². The van der Waals surface area contributed by atoms with Gasteiger partial charge in [0.2, 0.25) is 11.8 Å². The van der Waals surface area contributed by atoms with Crippen molar-refractivity contribution in [2.45, 2.75) is 12.7 Å². The Balaban J connectivity index is 3.55. The smallest absolute Gasteiger partial charge is 0.229 e. The van der Waals surface area contributed by atoms with Gasteiger partial charge in [0, 0.05) is 12.3 Å². The zero-order valence-electron chi connectivity index (χ0n) is 7.56. The van der Waals surface area contributed by atoms with Gasteiger partial charge < -0.3 is 20.8 Å². The summed E-state index contributed by atoms with van der Waals surface area (Å²) in [7, 11) is 0. The first-order chi connectivity index (χ1) is 6.56. The van der Waals surface area contributed by atoms with E-state index in [9.17, 15) is 9.59 Å². The molecule has 82 valence electrons. The number of aliphatic hydroxyl groups excluding tert-OH is 1. The summed E-state index contributed by atoms with van der Waals surface area (Å²) >= 11 is 3.87. The fourth-order valence-electron chi connectivity index (χ4n) is 0.671. The summed E-state index contributed by atoms with van der Waals surface area (Å²) in [6.07, 6.45) is -1.92. The van der Waals surface area contributed by atoms with Crippen LogP contribution in [0.1, 0.15) is 6.42 Å². The lowest BCUT2D eigenvalue weighted by molar-refractivity contribution is -0.130. The minimum Gasteiger partial charge on any atom is -0.367 e. The predicted molar refractivity (Wildman–Crippen MR) is 52.7 cm³/mol. The van der Waals surface area contributed by atoms with Gasteiger partial charge in [0.05, 0.1) is 6.54 Å². The van der Waals surface area contributed by atoms with Gasteiger partial charge in [-0.3, -0.25) is 9.59 Å². The molecule has 0 spiro atoms. The van der Waals surface area contributed by atoms with Crippen LogP contribution in [0.25, 0.3) is 0 Å². The Morgan fingerprint density at radius 1 is 1.21 bits per heavy atom. The molecule has 0 bridgehead atoms. The second kappa shape index (κ2) is 7.60. The van der Waals surface area contributed by atoms with E-state index in [1.165, 1.54) is 0 Å². The van der Waals surface area contributed by atoms with Gasteiger partial charge in [0.25, 0.3) is 0 Å². The van der Waals surface area contributed by atoms with E-state index in [-0.39, 0.29) is 13.0 Å². The van der Waals surface area contributed by atoms with E-state index in [0.29, 0.717) is 12.3 Å². The molecule has 0 radical (unpaired) electrons. The molecule has 0 rings (SSSR count). The normalized spacial score (nSPS) is 10.0. The van der Waals surface area contributed by atoms with E-state index >= 15 is 0 Å². The van der Waals surface area contributed by atoms with Crippen molar-refractivity contribution in [3.05, 3.63) is 0 Å². The quantitative estimate of drug-likeness (QED) is 0.201. The van der Waals surface area contributed by atoms with E-state index in [2.05, 4.69) is 23.3 Å². The fraction of sp³-hybridized carbons (Fsp3) is 0.714. The summed E-state index contributed by atoms with van der Waals surface area (Å²) in [5.74, 6) is -0.457. The average Bonchev–Trinajstić information content (AvgIpc) is 2.11. The number of thiol groups is 1. The van der Waals surface area contributed by atoms with Crippen LogP contribution in [0, 0.1) is 0 Å². The van der Waals surface area contributed by atoms with E-state index in [1.54, 1.807) is 0 Å². The molecule has 0 atom stereocenters. The summed E-state index contributed by atoms with van der Waals surface area (Å²) in [6.45, 7) is 0.122. The van der Waals surface area contributed by atoms with Crippen LogP contribution < -0.4 is 10.6 Å². The molecular formula is C7H14N2O4S. The van der Waals surface area contributed by atoms with Crippen LogP contribution in [0.4, 0.5) is 0 Å². The van der Waals surface area contributed by atoms with Gasteiger partial charge in [-0.05, 0) is 0 Å². The predicted octanol–water partition coefficient (Wildman–Crippen LogP) is -2.15. The molecule has 0 saturated carbocycles. The van der Waals surface area contributed by atoms with Gasteiger partial charge in [0.15, 0.2) is 6.29 Å². The standard InChI is InChI=1S/C7H14N2O4S/c10-5(8-1-2-14)3-6(11)9-4-7(12)13/h7,12-14H,1-4H2,(H,8,10)(H,9,11). The summed E-state index contributed by atoms with van der Waals surface area (Å²) < 4.78 is 0. The van der Waals surface area contributed by atoms with Crippen molar-refractivity contribution in [2.24, 2.45) is 0 Å². The van der Waals surface area contributed by atoms with Gasteiger partial charge in [-0.25, -0.2) is 0 Å². The molecule has 0 aromatic rings. The number of amides is 2. The molecule has 4 N–H and O–H groups in total. The van der Waals surface area contributed by atoms with Gasteiger partial charge in [-0.15, -0.1) is 0 Å². The summed E-state index contributed by atoms with van der Waals surface area (Å²) in [6, 6.07) is 0. The molecule has 0 fully saturated rings. The first kappa shape index (κ1) is 13.2. The second-order valence-electron chi connectivity index (χ2n) is 2.54. The van der Waals surface area contributed by atoms with E-state index in [4.69, 9.17) is 10.2 Å². The van der Waals surface area contributed by atoms with Gasteiger partial charge in [-0.1, -0.05) is 0 Å². The molecule has 7 heteroatoms. The Kier molecular flexibility index (Phi) is 7.17. The number of carbonyl (C=O) groups is 2. The van der Waals surface area contributed by atoms with Crippen molar-refractivity contribution in [1.82, 2.24) is 10.6 Å². The van der Waals surface area contributed by atoms with Crippen LogP contribution >= 0.6 is 12.6 Å². The van der Waals surface area contributed by atoms with E-state index in [1.807, 2.05) is 0 Å². The highest BCUT2D eigenvalue weighted by molar-refractivity contribution is 7.80. The molecule has 0 unspecified atom stereocenters. The number of rotatable bonds is 6. The molecule has 0 aromatic carbocycles. The van der Waals surface area contributed by atoms with Crippen LogP contribution in [-0.2, 0) is 9.59 Å². The molecule has 0 aliphatic heterocycles. The lowest BCUT2D eigenvalue weighted by Gasteiger charge is -2.06. The zero-order valence-corrected chi connectivity index (χ0v) is 8.46. The van der Waals surface area contributed by atoms with Crippen LogP contribution in [0.2, 0.25) is 0 Å². The fourth-order valence-corrected chi connectivity index (χ4v) is 0.783. The van der Waals surface area contributed by atoms with Crippen molar-refractivity contribution in [2.75, 3.05) is 18.8 Å². The van der Waals surface area contributed by atoms with Gasteiger partial charge in [-0.2, -0.15) is 12.6 Å². The van der Waals surface area contributed by atoms with Crippen LogP contribution in [0.15, 0.2) is 0 Å². The van der Waals surface area contributed by atoms with Gasteiger partial charge in [0.1, 0.15) is 6.42 Å². The molecule has 2 amide bonds. The third kappa shape index (κ3) is 7.84. The maximum absolute atomic E-state index is 10.9. The number of carbonyl (C=O) groups excluding carboxylic acids is 2. The molecule has 0 saturated heterocycles. The lowest BCUT2D eigenvalue weighted by Crippen LogP contribution is -2.36. The Hall–Kier alpha value is -0.790. The number of hydrogen-bond donors (Lipinski definition) is 5. The van der Waals surface area contributed by atoms with Gasteiger partial charge >= 0.3 is 0 Å². The number of aliphatic hydroxyl groups is 2. The molecule has 0 heterocycles. The lowest BCUT2D eigenvalue weighted by atomic mass is 10.3. The Labute approximate surface area is 87.1 Å². The topological polar surface area (TPSA) is 98.7 Å². The van der Waals surface area contributed by atoms with Crippen molar-refractivity contribution < 1.29 is 19.8 Å². The third-order valence-electron chi connectivity index (χ3n) is 1.24. The zero-order chi connectivity index (χ0) is 11.0. The highest BCUT2D eigenvalue weighted by Crippen LogP contribution is 1.81. The van der Waals surface area contributed by atoms with E-state index in [0.717, 1.165) is 0 Å². The molecule has 0 aliphatic rings. The summed E-state index contributed by atoms with van der Waals surface area (Å²) in [5.41, 5.74) is 0. The second-order valence-corrected chi connectivity index (χ2v) is 2.98. The molecule has 6 nitrogen and oxygen atoms in total. The minimum absolute atomic E-state index is 0.279. The number of nitrogens with one attached hydrogen (secondary N) is 2. The SMILES string of the molecule is O=C(CC(=O)NCC(O)O)NCCS. The molecule has 0 aliphatic carbocycles. The Morgan fingerprint density at radius 2 is 1.79 bits per heavy atom. The van der Waals surface area contributed by atoms with Crippen LogP contribution in [0.5, 0.6) is 0 Å². The van der Waals surface area contributed by atoms with Crippen molar-refractivity contribution >= 4 is 24.4 Å². The Bertz CT molecular complexity index is 198. The van der Waals surface area contributed by atoms with Crippen molar-refractivity contribution in [3.63, 3.8) is 0 Å². The maximum Gasteiger partial charge on any atom is 0.229 e. The minimum atomic E-state index is -1.60. The third-order valence-corrected chi connectivity index (χ3v) is 1.46. The van der Waals surface area contributed by atoms with Crippen molar-refractivity contribution in [1.29, 1.82) is 0 Å². The molecule has 0 aromatic heterocycles. The largest absolute Gasteiger partial charge is 0.367 e. The van der Waals surface area contributed by atoms with Crippen LogP contribution in [0.3, 0.4) is 0 Å². The number of hydrogen-bond acceptors (Lipinski definition) is 5. The summed E-state index contributed by atoms with van der Waals surface area (Å²) in [5, 5.41) is 21.4. The van der Waals surface area contributed by atoms with E-state index < -0.39 is 18.1 Å². The first-order valence-corrected chi connectivity index (χ1v) is 4.70. The maximum atomic E-state index is 10.9. The highest BCUT2D eigenvalue weighted by atomic mass is 32.1. The van der Waals surface area contributed by atoms with Crippen LogP contribution in [-0.4, -0.2) is 47.2 Å². The average molecular weight is 222 g/mol. The molecule has 14 heavy (non-hydrogen) atoms. The first-order valence-electron chi connectivity index (χ1n) is 4.06. The monoisotopic (exact) mass is 222 g/mol.